The van der Waals surface area contributed by atoms with Crippen molar-refractivity contribution in [2.24, 2.45) is 5.41 Å². The average molecular weight is 175 g/mol. The molecule has 1 fully saturated rings. The SMILES string of the molecule is CCN1CCC(F)[C@](C)(CO)C1. The molecule has 3 heteroatoms. The third kappa shape index (κ3) is 1.77. The summed E-state index contributed by atoms with van der Waals surface area (Å²) in [5, 5.41) is 9.07. The number of piperidine rings is 1. The average Bonchev–Trinajstić information content (AvgIpc) is 2.10. The van der Waals surface area contributed by atoms with Gasteiger partial charge in [-0.15, -0.1) is 0 Å². The first kappa shape index (κ1) is 9.93. The summed E-state index contributed by atoms with van der Waals surface area (Å²) in [6, 6.07) is 0. The molecular formula is C9H18FNO. The monoisotopic (exact) mass is 175 g/mol. The molecule has 0 bridgehead atoms. The Labute approximate surface area is 73.4 Å². The molecule has 1 saturated heterocycles. The maximum absolute atomic E-state index is 13.4. The Morgan fingerprint density at radius 1 is 1.67 bits per heavy atom. The van der Waals surface area contributed by atoms with E-state index in [0.29, 0.717) is 13.0 Å². The minimum atomic E-state index is -0.842. The predicted molar refractivity (Wildman–Crippen MR) is 46.8 cm³/mol. The lowest BCUT2D eigenvalue weighted by Gasteiger charge is -2.41. The molecule has 1 aliphatic rings. The summed E-state index contributed by atoms with van der Waals surface area (Å²) >= 11 is 0. The molecule has 1 N–H and O–H groups in total. The van der Waals surface area contributed by atoms with Crippen LogP contribution in [0.5, 0.6) is 0 Å². The molecule has 0 spiro atoms. The molecular weight excluding hydrogens is 157 g/mol. The predicted octanol–water partition coefficient (Wildman–Crippen LogP) is 1.05. The van der Waals surface area contributed by atoms with E-state index >= 15 is 0 Å². The summed E-state index contributed by atoms with van der Waals surface area (Å²) in [6.07, 6.45) is -0.282. The van der Waals surface area contributed by atoms with Crippen LogP contribution in [0, 0.1) is 5.41 Å². The highest BCUT2D eigenvalue weighted by Gasteiger charge is 2.38. The van der Waals surface area contributed by atoms with Gasteiger partial charge < -0.3 is 10.0 Å². The van der Waals surface area contributed by atoms with Crippen molar-refractivity contribution in [2.45, 2.75) is 26.4 Å². The lowest BCUT2D eigenvalue weighted by atomic mass is 9.81. The topological polar surface area (TPSA) is 23.5 Å². The molecule has 1 aliphatic heterocycles. The molecule has 2 nitrogen and oxygen atoms in total. The second-order valence-corrected chi connectivity index (χ2v) is 3.94. The highest BCUT2D eigenvalue weighted by Crippen LogP contribution is 2.31. The van der Waals surface area contributed by atoms with Crippen molar-refractivity contribution in [2.75, 3.05) is 26.2 Å². The number of halogens is 1. The molecule has 0 saturated carbocycles. The summed E-state index contributed by atoms with van der Waals surface area (Å²) in [5.74, 6) is 0. The number of nitrogens with zero attached hydrogens (tertiary/aromatic N) is 1. The minimum Gasteiger partial charge on any atom is -0.396 e. The second kappa shape index (κ2) is 3.71. The van der Waals surface area contributed by atoms with Gasteiger partial charge in [0.25, 0.3) is 0 Å². The number of hydrogen-bond acceptors (Lipinski definition) is 2. The quantitative estimate of drug-likeness (QED) is 0.678. The largest absolute Gasteiger partial charge is 0.396 e. The number of rotatable bonds is 2. The Hall–Kier alpha value is -0.150. The number of alkyl halides is 1. The van der Waals surface area contributed by atoms with Gasteiger partial charge in [-0.25, -0.2) is 4.39 Å². The maximum Gasteiger partial charge on any atom is 0.110 e. The number of hydrogen-bond donors (Lipinski definition) is 1. The van der Waals surface area contributed by atoms with Gasteiger partial charge >= 0.3 is 0 Å². The summed E-state index contributed by atoms with van der Waals surface area (Å²) in [5.41, 5.74) is -0.533. The minimum absolute atomic E-state index is 0.0509. The van der Waals surface area contributed by atoms with E-state index in [2.05, 4.69) is 11.8 Å². The fraction of sp³-hybridized carbons (Fsp3) is 1.00. The smallest absolute Gasteiger partial charge is 0.110 e. The first-order valence-corrected chi connectivity index (χ1v) is 4.59. The Morgan fingerprint density at radius 2 is 2.33 bits per heavy atom. The first-order valence-electron chi connectivity index (χ1n) is 4.59. The van der Waals surface area contributed by atoms with Crippen molar-refractivity contribution in [3.63, 3.8) is 0 Å². The van der Waals surface area contributed by atoms with Gasteiger partial charge in [0.1, 0.15) is 6.17 Å². The Bertz CT molecular complexity index is 153. The Kier molecular flexibility index (Phi) is 3.07. The van der Waals surface area contributed by atoms with Crippen molar-refractivity contribution in [1.82, 2.24) is 4.90 Å². The van der Waals surface area contributed by atoms with Crippen molar-refractivity contribution >= 4 is 0 Å². The van der Waals surface area contributed by atoms with Crippen molar-refractivity contribution in [1.29, 1.82) is 0 Å². The normalized spacial score (nSPS) is 38.5. The van der Waals surface area contributed by atoms with E-state index in [9.17, 15) is 4.39 Å². The van der Waals surface area contributed by atoms with Crippen molar-refractivity contribution in [3.05, 3.63) is 0 Å². The fourth-order valence-electron chi connectivity index (χ4n) is 1.75. The van der Waals surface area contributed by atoms with Crippen LogP contribution in [-0.4, -0.2) is 42.4 Å². The third-order valence-corrected chi connectivity index (χ3v) is 2.85. The molecule has 1 unspecified atom stereocenters. The fourth-order valence-corrected chi connectivity index (χ4v) is 1.75. The zero-order valence-corrected chi connectivity index (χ0v) is 7.89. The molecule has 12 heavy (non-hydrogen) atoms. The molecule has 72 valence electrons. The summed E-state index contributed by atoms with van der Waals surface area (Å²) in [4.78, 5) is 2.19. The zero-order chi connectivity index (χ0) is 9.19. The second-order valence-electron chi connectivity index (χ2n) is 3.94. The molecule has 2 atom stereocenters. The van der Waals surface area contributed by atoms with Crippen LogP contribution in [0.4, 0.5) is 4.39 Å². The molecule has 0 amide bonds. The summed E-state index contributed by atoms with van der Waals surface area (Å²) < 4.78 is 13.4. The molecule has 0 aromatic heterocycles. The maximum atomic E-state index is 13.4. The lowest BCUT2D eigenvalue weighted by molar-refractivity contribution is -0.0204. The third-order valence-electron chi connectivity index (χ3n) is 2.85. The number of aliphatic hydroxyl groups excluding tert-OH is 1. The van der Waals surface area contributed by atoms with E-state index in [4.69, 9.17) is 5.11 Å². The van der Waals surface area contributed by atoms with Crippen LogP contribution in [-0.2, 0) is 0 Å². The van der Waals surface area contributed by atoms with E-state index in [-0.39, 0.29) is 6.61 Å². The van der Waals surface area contributed by atoms with Gasteiger partial charge in [0.2, 0.25) is 0 Å². The first-order chi connectivity index (χ1) is 5.62. The van der Waals surface area contributed by atoms with Gasteiger partial charge in [-0.3, -0.25) is 0 Å². The molecule has 1 heterocycles. The van der Waals surface area contributed by atoms with Gasteiger partial charge in [0.05, 0.1) is 6.61 Å². The van der Waals surface area contributed by atoms with E-state index < -0.39 is 11.6 Å². The highest BCUT2D eigenvalue weighted by atomic mass is 19.1. The molecule has 0 aromatic rings. The van der Waals surface area contributed by atoms with Crippen LogP contribution in [0.2, 0.25) is 0 Å². The van der Waals surface area contributed by atoms with Crippen LogP contribution < -0.4 is 0 Å². The van der Waals surface area contributed by atoms with Gasteiger partial charge in [-0.1, -0.05) is 13.8 Å². The Morgan fingerprint density at radius 3 is 2.83 bits per heavy atom. The lowest BCUT2D eigenvalue weighted by Crippen LogP contribution is -2.50. The molecule has 0 radical (unpaired) electrons. The molecule has 1 rings (SSSR count). The van der Waals surface area contributed by atoms with E-state index in [1.165, 1.54) is 0 Å². The van der Waals surface area contributed by atoms with Crippen molar-refractivity contribution < 1.29 is 9.50 Å². The van der Waals surface area contributed by atoms with Crippen LogP contribution >= 0.6 is 0 Å². The molecule has 0 aromatic carbocycles. The van der Waals surface area contributed by atoms with E-state index in [1.54, 1.807) is 0 Å². The standard InChI is InChI=1S/C9H18FNO/c1-3-11-5-4-8(10)9(2,6-11)7-12/h8,12H,3-7H2,1-2H3/t8?,9-/m0/s1. The van der Waals surface area contributed by atoms with E-state index in [1.807, 2.05) is 6.92 Å². The van der Waals surface area contributed by atoms with E-state index in [0.717, 1.165) is 13.1 Å². The van der Waals surface area contributed by atoms with Crippen molar-refractivity contribution in [3.8, 4) is 0 Å². The van der Waals surface area contributed by atoms with Crippen LogP contribution in [0.3, 0.4) is 0 Å². The van der Waals surface area contributed by atoms with Gasteiger partial charge in [-0.05, 0) is 13.0 Å². The van der Waals surface area contributed by atoms with Gasteiger partial charge in [0, 0.05) is 18.5 Å². The molecule has 0 aliphatic carbocycles. The number of likely N-dealkylation sites (tertiary alicyclic amines) is 1. The van der Waals surface area contributed by atoms with Crippen LogP contribution in [0.1, 0.15) is 20.3 Å². The number of aliphatic hydroxyl groups is 1. The zero-order valence-electron chi connectivity index (χ0n) is 7.89. The Balaban J connectivity index is 2.58. The van der Waals surface area contributed by atoms with Gasteiger partial charge in [0.15, 0.2) is 0 Å². The highest BCUT2D eigenvalue weighted by molar-refractivity contribution is 4.89. The summed E-state index contributed by atoms with van der Waals surface area (Å²) in [7, 11) is 0. The van der Waals surface area contributed by atoms with Gasteiger partial charge in [-0.2, -0.15) is 0 Å². The van der Waals surface area contributed by atoms with Crippen LogP contribution in [0.15, 0.2) is 0 Å². The van der Waals surface area contributed by atoms with Crippen LogP contribution in [0.25, 0.3) is 0 Å². The summed E-state index contributed by atoms with van der Waals surface area (Å²) in [6.45, 7) is 6.29.